The first-order chi connectivity index (χ1) is 9.23. The van der Waals surface area contributed by atoms with Gasteiger partial charge in [-0.25, -0.2) is 4.79 Å². The average Bonchev–Trinajstić information content (AvgIpc) is 2.74. The Morgan fingerprint density at radius 2 is 1.75 bits per heavy atom. The summed E-state index contributed by atoms with van der Waals surface area (Å²) >= 11 is 0. The zero-order chi connectivity index (χ0) is 15.8. The third-order valence-electron chi connectivity index (χ3n) is 2.69. The van der Waals surface area contributed by atoms with Crippen molar-refractivity contribution in [3.63, 3.8) is 0 Å². The number of esters is 1. The van der Waals surface area contributed by atoms with Crippen LogP contribution in [0.5, 0.6) is 0 Å². The molecule has 2 atom stereocenters. The lowest BCUT2D eigenvalue weighted by molar-refractivity contribution is -0.145. The van der Waals surface area contributed by atoms with E-state index in [-0.39, 0.29) is 17.9 Å². The molecule has 0 bridgehead atoms. The van der Waals surface area contributed by atoms with Gasteiger partial charge in [0.25, 0.3) is 0 Å². The van der Waals surface area contributed by atoms with Gasteiger partial charge in [-0.2, -0.15) is 0 Å². The molecule has 0 radical (unpaired) electrons. The molecule has 0 aromatic rings. The number of alkyl carbamates (subject to hydrolysis) is 1. The fourth-order valence-electron chi connectivity index (χ4n) is 1.97. The molecule has 1 rings (SSSR count). The van der Waals surface area contributed by atoms with E-state index in [9.17, 15) is 9.59 Å². The lowest BCUT2D eigenvalue weighted by atomic mass is 10.1. The van der Waals surface area contributed by atoms with Gasteiger partial charge in [-0.1, -0.05) is 20.3 Å². The third kappa shape index (κ3) is 8.02. The largest absolute Gasteiger partial charge is 0.469 e. The Balaban J connectivity index is 0.00000110. The molecule has 0 heterocycles. The fourth-order valence-corrected chi connectivity index (χ4v) is 1.97. The van der Waals surface area contributed by atoms with Gasteiger partial charge in [0, 0.05) is 6.04 Å². The summed E-state index contributed by atoms with van der Waals surface area (Å²) in [6, 6.07) is 0.00829. The molecule has 5 heteroatoms. The van der Waals surface area contributed by atoms with Crippen molar-refractivity contribution in [3.8, 4) is 0 Å². The van der Waals surface area contributed by atoms with E-state index in [1.807, 2.05) is 20.8 Å². The molecule has 0 aromatic heterocycles. The highest BCUT2D eigenvalue weighted by molar-refractivity contribution is 5.73. The van der Waals surface area contributed by atoms with Crippen LogP contribution in [0, 0.1) is 5.92 Å². The molecule has 1 amide bonds. The summed E-state index contributed by atoms with van der Waals surface area (Å²) < 4.78 is 9.84. The zero-order valence-corrected chi connectivity index (χ0v) is 13.6. The number of hydrogen-bond acceptors (Lipinski definition) is 4. The highest BCUT2D eigenvalue weighted by atomic mass is 16.6. The van der Waals surface area contributed by atoms with Crippen molar-refractivity contribution in [2.75, 3.05) is 7.11 Å². The van der Waals surface area contributed by atoms with Crippen LogP contribution >= 0.6 is 0 Å². The molecule has 2 unspecified atom stereocenters. The fraction of sp³-hybridized carbons (Fsp3) is 0.867. The van der Waals surface area contributed by atoms with Crippen molar-refractivity contribution >= 4 is 12.1 Å². The highest BCUT2D eigenvalue weighted by Crippen LogP contribution is 2.26. The first kappa shape index (κ1) is 18.7. The normalized spacial score (nSPS) is 21.5. The number of amides is 1. The SMILES string of the molecule is CCC.COC(=O)C1CCC(NC(=O)OC(C)(C)C)C1. The molecular weight excluding hydrogens is 258 g/mol. The quantitative estimate of drug-likeness (QED) is 0.792. The molecule has 1 aliphatic carbocycles. The Bertz CT molecular complexity index is 309. The van der Waals surface area contributed by atoms with Gasteiger partial charge >= 0.3 is 12.1 Å². The van der Waals surface area contributed by atoms with Crippen LogP contribution in [0.25, 0.3) is 0 Å². The van der Waals surface area contributed by atoms with Gasteiger partial charge in [0.1, 0.15) is 5.60 Å². The van der Waals surface area contributed by atoms with E-state index in [1.165, 1.54) is 13.5 Å². The maximum atomic E-state index is 11.5. The molecule has 1 N–H and O–H groups in total. The van der Waals surface area contributed by atoms with Crippen molar-refractivity contribution < 1.29 is 19.1 Å². The van der Waals surface area contributed by atoms with E-state index in [0.717, 1.165) is 12.8 Å². The second-order valence-corrected chi connectivity index (χ2v) is 6.08. The van der Waals surface area contributed by atoms with E-state index in [1.54, 1.807) is 0 Å². The Kier molecular flexibility index (Phi) is 8.26. The molecule has 118 valence electrons. The Morgan fingerprint density at radius 1 is 1.20 bits per heavy atom. The molecule has 0 saturated heterocycles. The predicted molar refractivity (Wildman–Crippen MR) is 78.5 cm³/mol. The van der Waals surface area contributed by atoms with Crippen LogP contribution in [0.4, 0.5) is 4.79 Å². The Labute approximate surface area is 122 Å². The molecule has 0 spiro atoms. The van der Waals surface area contributed by atoms with E-state index < -0.39 is 11.7 Å². The van der Waals surface area contributed by atoms with E-state index in [0.29, 0.717) is 6.42 Å². The number of methoxy groups -OCH3 is 1. The number of nitrogens with one attached hydrogen (secondary N) is 1. The van der Waals surface area contributed by atoms with Crippen LogP contribution in [0.15, 0.2) is 0 Å². The van der Waals surface area contributed by atoms with Crippen molar-refractivity contribution in [2.24, 2.45) is 5.92 Å². The number of carbonyl (C=O) groups excluding carboxylic acids is 2. The van der Waals surface area contributed by atoms with Crippen LogP contribution in [-0.2, 0) is 14.3 Å². The summed E-state index contributed by atoms with van der Waals surface area (Å²) in [5.41, 5.74) is -0.496. The molecular formula is C15H29NO4. The number of ether oxygens (including phenoxy) is 2. The topological polar surface area (TPSA) is 64.6 Å². The van der Waals surface area contributed by atoms with Gasteiger partial charge in [-0.05, 0) is 40.0 Å². The van der Waals surface area contributed by atoms with Crippen LogP contribution in [-0.4, -0.2) is 30.8 Å². The Morgan fingerprint density at radius 3 is 2.20 bits per heavy atom. The van der Waals surface area contributed by atoms with Crippen molar-refractivity contribution in [2.45, 2.75) is 71.9 Å². The standard InChI is InChI=1S/C12H21NO4.C3H8/c1-12(2,3)17-11(15)13-9-6-5-8(7-9)10(14)16-4;1-3-2/h8-9H,5-7H2,1-4H3,(H,13,15);3H2,1-2H3. The third-order valence-corrected chi connectivity index (χ3v) is 2.69. The maximum Gasteiger partial charge on any atom is 0.407 e. The lowest BCUT2D eigenvalue weighted by Gasteiger charge is -2.21. The smallest absolute Gasteiger partial charge is 0.407 e. The minimum atomic E-state index is -0.496. The van der Waals surface area contributed by atoms with Crippen LogP contribution in [0.3, 0.4) is 0 Å². The van der Waals surface area contributed by atoms with Crippen LogP contribution < -0.4 is 5.32 Å². The summed E-state index contributed by atoms with van der Waals surface area (Å²) in [4.78, 5) is 22.8. The summed E-state index contributed by atoms with van der Waals surface area (Å²) in [5, 5.41) is 2.78. The van der Waals surface area contributed by atoms with Gasteiger partial charge in [-0.15, -0.1) is 0 Å². The van der Waals surface area contributed by atoms with Crippen molar-refractivity contribution in [1.29, 1.82) is 0 Å². The molecule has 20 heavy (non-hydrogen) atoms. The first-order valence-corrected chi connectivity index (χ1v) is 7.30. The van der Waals surface area contributed by atoms with E-state index in [2.05, 4.69) is 23.9 Å². The predicted octanol–water partition coefficient (Wildman–Crippen LogP) is 3.27. The summed E-state index contributed by atoms with van der Waals surface area (Å²) in [7, 11) is 1.39. The van der Waals surface area contributed by atoms with Gasteiger partial charge in [0.15, 0.2) is 0 Å². The van der Waals surface area contributed by atoms with Gasteiger partial charge in [0.05, 0.1) is 13.0 Å². The van der Waals surface area contributed by atoms with Gasteiger partial charge < -0.3 is 14.8 Å². The van der Waals surface area contributed by atoms with Crippen LogP contribution in [0.1, 0.15) is 60.3 Å². The maximum absolute atomic E-state index is 11.5. The highest BCUT2D eigenvalue weighted by Gasteiger charge is 2.32. The summed E-state index contributed by atoms with van der Waals surface area (Å²) in [6.07, 6.45) is 3.01. The average molecular weight is 287 g/mol. The summed E-state index contributed by atoms with van der Waals surface area (Å²) in [5.74, 6) is -0.293. The second kappa shape index (κ2) is 8.82. The zero-order valence-electron chi connectivity index (χ0n) is 13.6. The minimum absolute atomic E-state index is 0.00829. The molecule has 0 aromatic carbocycles. The minimum Gasteiger partial charge on any atom is -0.469 e. The number of hydrogen-bond donors (Lipinski definition) is 1. The molecule has 1 saturated carbocycles. The molecule has 1 fully saturated rings. The molecule has 5 nitrogen and oxygen atoms in total. The molecule has 0 aliphatic heterocycles. The second-order valence-electron chi connectivity index (χ2n) is 6.08. The van der Waals surface area contributed by atoms with Crippen LogP contribution in [0.2, 0.25) is 0 Å². The van der Waals surface area contributed by atoms with Crippen molar-refractivity contribution in [3.05, 3.63) is 0 Å². The lowest BCUT2D eigenvalue weighted by Crippen LogP contribution is -2.38. The first-order valence-electron chi connectivity index (χ1n) is 7.30. The summed E-state index contributed by atoms with van der Waals surface area (Å²) in [6.45, 7) is 9.70. The van der Waals surface area contributed by atoms with E-state index in [4.69, 9.17) is 4.74 Å². The van der Waals surface area contributed by atoms with Gasteiger partial charge in [0.2, 0.25) is 0 Å². The Hall–Kier alpha value is -1.26. The monoisotopic (exact) mass is 287 g/mol. The van der Waals surface area contributed by atoms with E-state index >= 15 is 0 Å². The number of rotatable bonds is 2. The van der Waals surface area contributed by atoms with Crippen molar-refractivity contribution in [1.82, 2.24) is 5.32 Å². The number of carbonyl (C=O) groups is 2. The molecule has 1 aliphatic rings. The van der Waals surface area contributed by atoms with Gasteiger partial charge in [-0.3, -0.25) is 4.79 Å².